The Morgan fingerprint density at radius 2 is 1.91 bits per heavy atom. The van der Waals surface area contributed by atoms with Crippen LogP contribution in [-0.2, 0) is 21.1 Å². The normalized spacial score (nSPS) is 16.4. The number of nitrogens with zero attached hydrogens (tertiary/aromatic N) is 2. The molecule has 2 aromatic carbocycles. The Kier molecular flexibility index (Phi) is 6.52. The quantitative estimate of drug-likeness (QED) is 0.561. The second kappa shape index (κ2) is 9.36. The second-order valence-corrected chi connectivity index (χ2v) is 9.60. The van der Waals surface area contributed by atoms with Crippen molar-refractivity contribution in [1.82, 2.24) is 14.9 Å². The minimum Gasteiger partial charge on any atom is -0.376 e. The molecule has 8 nitrogen and oxygen atoms in total. The minimum absolute atomic E-state index is 0.0180. The largest absolute Gasteiger partial charge is 0.376 e. The summed E-state index contributed by atoms with van der Waals surface area (Å²) in [6.07, 6.45) is 1.43. The van der Waals surface area contributed by atoms with Gasteiger partial charge < -0.3 is 14.6 Å². The molecule has 174 valence electrons. The molecule has 11 heteroatoms. The van der Waals surface area contributed by atoms with Crippen LogP contribution in [0.4, 0.5) is 8.78 Å². The van der Waals surface area contributed by atoms with Gasteiger partial charge in [-0.2, -0.15) is 8.78 Å². The lowest BCUT2D eigenvalue weighted by molar-refractivity contribution is 0.0501. The van der Waals surface area contributed by atoms with Gasteiger partial charge in [-0.25, -0.2) is 13.4 Å². The third-order valence-electron chi connectivity index (χ3n) is 5.40. The van der Waals surface area contributed by atoms with Crippen LogP contribution in [-0.4, -0.2) is 54.2 Å². The molecule has 4 rings (SSSR count). The molecule has 0 aliphatic carbocycles. The molecule has 0 spiro atoms. The van der Waals surface area contributed by atoms with E-state index in [-0.39, 0.29) is 36.1 Å². The summed E-state index contributed by atoms with van der Waals surface area (Å²) < 4.78 is 54.5. The number of H-pyrrole nitrogens is 1. The Hall–Kier alpha value is -3.18. The van der Waals surface area contributed by atoms with Crippen molar-refractivity contribution in [3.05, 3.63) is 70.3 Å². The van der Waals surface area contributed by atoms with Crippen LogP contribution in [0.3, 0.4) is 0 Å². The van der Waals surface area contributed by atoms with Gasteiger partial charge in [-0.05, 0) is 49.2 Å². The molecule has 1 aliphatic heterocycles. The van der Waals surface area contributed by atoms with Gasteiger partial charge in [0.15, 0.2) is 0 Å². The van der Waals surface area contributed by atoms with Crippen LogP contribution in [0.25, 0.3) is 10.9 Å². The Bertz CT molecular complexity index is 1320. The predicted molar refractivity (Wildman–Crippen MR) is 116 cm³/mol. The number of hydrogen-bond acceptors (Lipinski definition) is 6. The highest BCUT2D eigenvalue weighted by atomic mass is 32.2. The van der Waals surface area contributed by atoms with E-state index in [1.165, 1.54) is 17.0 Å². The van der Waals surface area contributed by atoms with E-state index in [9.17, 15) is 26.8 Å². The van der Waals surface area contributed by atoms with E-state index < -0.39 is 26.4 Å². The minimum atomic E-state index is -4.76. The lowest BCUT2D eigenvalue weighted by atomic mass is 10.1. The van der Waals surface area contributed by atoms with Gasteiger partial charge in [-0.15, -0.1) is 0 Å². The number of benzene rings is 2. The first-order chi connectivity index (χ1) is 15.8. The highest BCUT2D eigenvalue weighted by molar-refractivity contribution is 7.91. The lowest BCUT2D eigenvalue weighted by Gasteiger charge is -2.25. The summed E-state index contributed by atoms with van der Waals surface area (Å²) in [4.78, 5) is 33.6. The maximum atomic E-state index is 13.2. The third-order valence-corrected chi connectivity index (χ3v) is 6.80. The summed E-state index contributed by atoms with van der Waals surface area (Å²) in [5.74, 6) is -3.74. The molecular formula is C22H21F2N3O5S. The van der Waals surface area contributed by atoms with E-state index in [0.29, 0.717) is 17.5 Å². The maximum absolute atomic E-state index is 13.2. The van der Waals surface area contributed by atoms with Crippen LogP contribution in [0.2, 0.25) is 0 Å². The summed E-state index contributed by atoms with van der Waals surface area (Å²) in [6.45, 7) is 0.792. The standard InChI is InChI=1S/C22H21F2N3O5S/c23-22(24)33(30,31)16-9-7-14(8-10-16)21(29)27(12-15-4-3-11-32-15)13-19-25-18-6-2-1-5-17(18)20(28)26-19/h1-2,5-10,15,22H,3-4,11-13H2,(H,25,26,28)/t15-/m1/s1. The van der Waals surface area contributed by atoms with Crippen LogP contribution in [0.1, 0.15) is 29.0 Å². The number of amides is 1. The van der Waals surface area contributed by atoms with Crippen molar-refractivity contribution < 1.29 is 26.7 Å². The Morgan fingerprint density at radius 3 is 2.58 bits per heavy atom. The Labute approximate surface area is 188 Å². The number of sulfone groups is 1. The number of alkyl halides is 2. The third kappa shape index (κ3) is 4.93. The molecule has 1 N–H and O–H groups in total. The topological polar surface area (TPSA) is 109 Å². The molecular weight excluding hydrogens is 456 g/mol. The molecule has 2 heterocycles. The van der Waals surface area contributed by atoms with Crippen molar-refractivity contribution in [3.8, 4) is 0 Å². The zero-order chi connectivity index (χ0) is 23.6. The lowest BCUT2D eigenvalue weighted by Crippen LogP contribution is -2.38. The monoisotopic (exact) mass is 477 g/mol. The average molecular weight is 477 g/mol. The highest BCUT2D eigenvalue weighted by Gasteiger charge is 2.28. The first-order valence-electron chi connectivity index (χ1n) is 10.3. The molecule has 1 saturated heterocycles. The van der Waals surface area contributed by atoms with Gasteiger partial charge in [0.1, 0.15) is 5.82 Å². The van der Waals surface area contributed by atoms with Crippen molar-refractivity contribution >= 4 is 26.6 Å². The number of nitrogens with one attached hydrogen (secondary N) is 1. The van der Waals surface area contributed by atoms with E-state index in [2.05, 4.69) is 9.97 Å². The molecule has 1 fully saturated rings. The van der Waals surface area contributed by atoms with Crippen molar-refractivity contribution in [2.45, 2.75) is 36.1 Å². The van der Waals surface area contributed by atoms with Gasteiger partial charge in [0.05, 0.1) is 28.4 Å². The predicted octanol–water partition coefficient (Wildman–Crippen LogP) is 2.74. The summed E-state index contributed by atoms with van der Waals surface area (Å²) in [5.41, 5.74) is 0.272. The number of rotatable bonds is 7. The van der Waals surface area contributed by atoms with Crippen LogP contribution >= 0.6 is 0 Å². The highest BCUT2D eigenvalue weighted by Crippen LogP contribution is 2.21. The van der Waals surface area contributed by atoms with Crippen molar-refractivity contribution in [1.29, 1.82) is 0 Å². The number of para-hydroxylation sites is 1. The van der Waals surface area contributed by atoms with Crippen molar-refractivity contribution in [2.75, 3.05) is 13.2 Å². The van der Waals surface area contributed by atoms with Gasteiger partial charge in [0, 0.05) is 18.7 Å². The van der Waals surface area contributed by atoms with E-state index in [0.717, 1.165) is 25.0 Å². The van der Waals surface area contributed by atoms with E-state index in [1.807, 2.05) is 0 Å². The zero-order valence-corrected chi connectivity index (χ0v) is 18.2. The number of carbonyl (C=O) groups is 1. The van der Waals surface area contributed by atoms with Crippen LogP contribution in [0.15, 0.2) is 58.2 Å². The average Bonchev–Trinajstić information content (AvgIpc) is 3.31. The number of ether oxygens (including phenoxy) is 1. The molecule has 33 heavy (non-hydrogen) atoms. The SMILES string of the molecule is O=C(c1ccc(S(=O)(=O)C(F)F)cc1)N(Cc1nc2ccccc2c(=O)[nH]1)C[C@H]1CCCO1. The Balaban J connectivity index is 1.63. The number of halogens is 2. The van der Waals surface area contributed by atoms with Crippen LogP contribution in [0, 0.1) is 0 Å². The van der Waals surface area contributed by atoms with Crippen LogP contribution in [0.5, 0.6) is 0 Å². The number of carbonyl (C=O) groups excluding carboxylic acids is 1. The van der Waals surface area contributed by atoms with Gasteiger partial charge in [0.25, 0.3) is 11.5 Å². The summed E-state index contributed by atoms with van der Waals surface area (Å²) in [5, 5.41) is 0.425. The molecule has 1 amide bonds. The zero-order valence-electron chi connectivity index (χ0n) is 17.4. The number of fused-ring (bicyclic) bond motifs is 1. The fraction of sp³-hybridized carbons (Fsp3) is 0.318. The Morgan fingerprint density at radius 1 is 1.18 bits per heavy atom. The number of aromatic amines is 1. The van der Waals surface area contributed by atoms with E-state index in [1.54, 1.807) is 24.3 Å². The summed E-state index contributed by atoms with van der Waals surface area (Å²) in [6, 6.07) is 11.2. The number of aromatic nitrogens is 2. The van der Waals surface area contributed by atoms with Crippen LogP contribution < -0.4 is 5.56 Å². The summed E-state index contributed by atoms with van der Waals surface area (Å²) >= 11 is 0. The molecule has 0 saturated carbocycles. The second-order valence-electron chi connectivity index (χ2n) is 7.68. The summed E-state index contributed by atoms with van der Waals surface area (Å²) in [7, 11) is -4.76. The van der Waals surface area contributed by atoms with Crippen molar-refractivity contribution in [3.63, 3.8) is 0 Å². The maximum Gasteiger partial charge on any atom is 0.341 e. The molecule has 1 atom stereocenters. The molecule has 0 bridgehead atoms. The number of hydrogen-bond donors (Lipinski definition) is 1. The smallest absolute Gasteiger partial charge is 0.341 e. The van der Waals surface area contributed by atoms with Gasteiger partial charge >= 0.3 is 5.76 Å². The molecule has 1 aliphatic rings. The van der Waals surface area contributed by atoms with E-state index in [4.69, 9.17) is 4.74 Å². The molecule has 3 aromatic rings. The first kappa shape index (κ1) is 23.0. The fourth-order valence-corrected chi connectivity index (χ4v) is 4.44. The molecule has 0 radical (unpaired) electrons. The van der Waals surface area contributed by atoms with Gasteiger partial charge in [-0.1, -0.05) is 12.1 Å². The van der Waals surface area contributed by atoms with E-state index >= 15 is 0 Å². The fourth-order valence-electron chi connectivity index (χ4n) is 3.72. The molecule has 1 aromatic heterocycles. The van der Waals surface area contributed by atoms with Crippen molar-refractivity contribution in [2.24, 2.45) is 0 Å². The van der Waals surface area contributed by atoms with Gasteiger partial charge in [0.2, 0.25) is 9.84 Å². The first-order valence-corrected chi connectivity index (χ1v) is 11.8. The molecule has 0 unspecified atom stereocenters. The van der Waals surface area contributed by atoms with Gasteiger partial charge in [-0.3, -0.25) is 9.59 Å².